The Labute approximate surface area is 171 Å². The molecule has 1 unspecified atom stereocenters. The first-order chi connectivity index (χ1) is 12.8. The second kappa shape index (κ2) is 7.88. The Kier molecular flexibility index (Phi) is 5.74. The zero-order valence-electron chi connectivity index (χ0n) is 14.9. The molecule has 0 aliphatic carbocycles. The summed E-state index contributed by atoms with van der Waals surface area (Å²) in [5, 5.41) is 12.8. The van der Waals surface area contributed by atoms with Crippen LogP contribution < -0.4 is 5.32 Å². The maximum Gasteiger partial charge on any atom is 0.251 e. The van der Waals surface area contributed by atoms with Crippen LogP contribution in [0.4, 0.5) is 5.95 Å². The van der Waals surface area contributed by atoms with Crippen LogP contribution in [0.3, 0.4) is 0 Å². The number of aryl methyl sites for hydroxylation is 1. The standard InChI is InChI=1S/C17H17Cl3N6O/c1-9-15(20)10(2)26(23-9)11(3)16(27)22-17-21-8-25(24-17)7-12-4-5-13(18)14(19)6-12/h4-6,8,11H,7H2,1-3H3,(H,22,24,27). The number of benzene rings is 1. The zero-order valence-corrected chi connectivity index (χ0v) is 17.1. The summed E-state index contributed by atoms with van der Waals surface area (Å²) in [5.74, 6) is -0.0795. The molecule has 1 N–H and O–H groups in total. The van der Waals surface area contributed by atoms with Gasteiger partial charge in [0.1, 0.15) is 12.4 Å². The molecule has 0 spiro atoms. The van der Waals surface area contributed by atoms with Gasteiger partial charge in [-0.3, -0.25) is 14.8 Å². The molecule has 10 heteroatoms. The van der Waals surface area contributed by atoms with E-state index in [4.69, 9.17) is 34.8 Å². The van der Waals surface area contributed by atoms with Crippen LogP contribution in [0.2, 0.25) is 15.1 Å². The van der Waals surface area contributed by atoms with Crippen LogP contribution in [-0.2, 0) is 11.3 Å². The van der Waals surface area contributed by atoms with Gasteiger partial charge in [-0.15, -0.1) is 5.10 Å². The van der Waals surface area contributed by atoms with Gasteiger partial charge in [0, 0.05) is 0 Å². The molecule has 0 aliphatic heterocycles. The van der Waals surface area contributed by atoms with Crippen molar-refractivity contribution in [3.8, 4) is 0 Å². The molecule has 0 radical (unpaired) electrons. The maximum absolute atomic E-state index is 12.5. The molecular weight excluding hydrogens is 411 g/mol. The molecule has 1 amide bonds. The van der Waals surface area contributed by atoms with Crippen molar-refractivity contribution in [1.29, 1.82) is 0 Å². The lowest BCUT2D eigenvalue weighted by atomic mass is 10.2. The molecule has 2 aromatic heterocycles. The summed E-state index contributed by atoms with van der Waals surface area (Å²) >= 11 is 18.1. The van der Waals surface area contributed by atoms with Crippen LogP contribution in [0.1, 0.15) is 29.9 Å². The first-order valence-corrected chi connectivity index (χ1v) is 9.25. The molecule has 0 bridgehead atoms. The van der Waals surface area contributed by atoms with Gasteiger partial charge in [-0.25, -0.2) is 9.67 Å². The summed E-state index contributed by atoms with van der Waals surface area (Å²) in [7, 11) is 0. The van der Waals surface area contributed by atoms with Crippen LogP contribution in [-0.4, -0.2) is 30.5 Å². The third kappa shape index (κ3) is 4.26. The quantitative estimate of drug-likeness (QED) is 0.658. The van der Waals surface area contributed by atoms with E-state index in [1.54, 1.807) is 35.3 Å². The van der Waals surface area contributed by atoms with Gasteiger partial charge in [-0.05, 0) is 38.5 Å². The van der Waals surface area contributed by atoms with Crippen molar-refractivity contribution in [2.45, 2.75) is 33.4 Å². The average molecular weight is 428 g/mol. The highest BCUT2D eigenvalue weighted by atomic mass is 35.5. The number of aromatic nitrogens is 5. The smallest absolute Gasteiger partial charge is 0.251 e. The van der Waals surface area contributed by atoms with Gasteiger partial charge < -0.3 is 0 Å². The second-order valence-electron chi connectivity index (χ2n) is 6.11. The van der Waals surface area contributed by atoms with Crippen molar-refractivity contribution in [1.82, 2.24) is 24.5 Å². The number of hydrogen-bond acceptors (Lipinski definition) is 4. The average Bonchev–Trinajstić information content (AvgIpc) is 3.17. The Bertz CT molecular complexity index is 997. The van der Waals surface area contributed by atoms with Crippen LogP contribution in [0.25, 0.3) is 0 Å². The van der Waals surface area contributed by atoms with Gasteiger partial charge in [0.05, 0.1) is 33.0 Å². The van der Waals surface area contributed by atoms with E-state index in [-0.39, 0.29) is 11.9 Å². The van der Waals surface area contributed by atoms with Crippen LogP contribution in [0.15, 0.2) is 24.5 Å². The van der Waals surface area contributed by atoms with Gasteiger partial charge in [-0.1, -0.05) is 40.9 Å². The Morgan fingerprint density at radius 3 is 2.56 bits per heavy atom. The predicted octanol–water partition coefficient (Wildman–Crippen LogP) is 4.30. The molecule has 1 atom stereocenters. The van der Waals surface area contributed by atoms with Gasteiger partial charge in [0.2, 0.25) is 5.95 Å². The minimum Gasteiger partial charge on any atom is -0.291 e. The highest BCUT2D eigenvalue weighted by Crippen LogP contribution is 2.24. The fourth-order valence-electron chi connectivity index (χ4n) is 2.60. The Morgan fingerprint density at radius 1 is 1.19 bits per heavy atom. The molecule has 7 nitrogen and oxygen atoms in total. The molecule has 0 saturated carbocycles. The highest BCUT2D eigenvalue weighted by Gasteiger charge is 2.21. The first-order valence-electron chi connectivity index (χ1n) is 8.11. The van der Waals surface area contributed by atoms with E-state index in [0.29, 0.717) is 27.3 Å². The highest BCUT2D eigenvalue weighted by molar-refractivity contribution is 6.42. The molecule has 0 fully saturated rings. The largest absolute Gasteiger partial charge is 0.291 e. The van der Waals surface area contributed by atoms with E-state index in [1.807, 2.05) is 13.0 Å². The topological polar surface area (TPSA) is 77.6 Å². The van der Waals surface area contributed by atoms with Crippen molar-refractivity contribution in [2.75, 3.05) is 5.32 Å². The number of halogens is 3. The summed E-state index contributed by atoms with van der Waals surface area (Å²) in [5.41, 5.74) is 2.32. The third-order valence-corrected chi connectivity index (χ3v) is 5.37. The number of anilines is 1. The fourth-order valence-corrected chi connectivity index (χ4v) is 3.04. The molecule has 142 valence electrons. The van der Waals surface area contributed by atoms with Gasteiger partial charge >= 0.3 is 0 Å². The summed E-state index contributed by atoms with van der Waals surface area (Å²) < 4.78 is 3.18. The van der Waals surface area contributed by atoms with E-state index in [2.05, 4.69) is 20.5 Å². The number of hydrogen-bond donors (Lipinski definition) is 1. The maximum atomic E-state index is 12.5. The van der Waals surface area contributed by atoms with Crippen molar-refractivity contribution in [3.63, 3.8) is 0 Å². The minimum atomic E-state index is -0.557. The SMILES string of the molecule is Cc1nn(C(C)C(=O)Nc2ncn(Cc3ccc(Cl)c(Cl)c3)n2)c(C)c1Cl. The van der Waals surface area contributed by atoms with Gasteiger partial charge in [0.15, 0.2) is 0 Å². The summed E-state index contributed by atoms with van der Waals surface area (Å²) in [4.78, 5) is 16.6. The van der Waals surface area contributed by atoms with Crippen LogP contribution in [0, 0.1) is 13.8 Å². The second-order valence-corrected chi connectivity index (χ2v) is 7.30. The van der Waals surface area contributed by atoms with Gasteiger partial charge in [0.25, 0.3) is 5.91 Å². The van der Waals surface area contributed by atoms with Crippen LogP contribution >= 0.6 is 34.8 Å². The molecule has 3 rings (SSSR count). The number of carbonyl (C=O) groups is 1. The van der Waals surface area contributed by atoms with Crippen LogP contribution in [0.5, 0.6) is 0 Å². The van der Waals surface area contributed by atoms with Crippen molar-refractivity contribution in [3.05, 3.63) is 56.5 Å². The molecule has 0 saturated heterocycles. The monoisotopic (exact) mass is 426 g/mol. The predicted molar refractivity (Wildman–Crippen MR) is 106 cm³/mol. The first kappa shape index (κ1) is 19.7. The molecule has 0 aliphatic rings. The van der Waals surface area contributed by atoms with Crippen molar-refractivity contribution >= 4 is 46.7 Å². The fraction of sp³-hybridized carbons (Fsp3) is 0.294. The lowest BCUT2D eigenvalue weighted by molar-refractivity contribution is -0.119. The van der Waals surface area contributed by atoms with E-state index in [1.165, 1.54) is 6.33 Å². The number of nitrogens with one attached hydrogen (secondary N) is 1. The molecule has 2 heterocycles. The Hall–Kier alpha value is -2.09. The molecule has 27 heavy (non-hydrogen) atoms. The lowest BCUT2D eigenvalue weighted by Gasteiger charge is -2.13. The normalized spacial score (nSPS) is 12.2. The minimum absolute atomic E-state index is 0.208. The number of carbonyl (C=O) groups excluding carboxylic acids is 1. The zero-order chi connectivity index (χ0) is 19.7. The summed E-state index contributed by atoms with van der Waals surface area (Å²) in [6.45, 7) is 5.79. The summed E-state index contributed by atoms with van der Waals surface area (Å²) in [6, 6.07) is 4.78. The van der Waals surface area contributed by atoms with E-state index < -0.39 is 6.04 Å². The summed E-state index contributed by atoms with van der Waals surface area (Å²) in [6.07, 6.45) is 1.53. The number of rotatable bonds is 5. The van der Waals surface area contributed by atoms with E-state index in [0.717, 1.165) is 11.3 Å². The van der Waals surface area contributed by atoms with E-state index in [9.17, 15) is 4.79 Å². The Morgan fingerprint density at radius 2 is 1.93 bits per heavy atom. The van der Waals surface area contributed by atoms with Crippen molar-refractivity contribution < 1.29 is 4.79 Å². The number of nitrogens with zero attached hydrogens (tertiary/aromatic N) is 5. The lowest BCUT2D eigenvalue weighted by Crippen LogP contribution is -2.25. The Balaban J connectivity index is 1.68. The van der Waals surface area contributed by atoms with E-state index >= 15 is 0 Å². The van der Waals surface area contributed by atoms with Gasteiger partial charge in [-0.2, -0.15) is 5.10 Å². The molecule has 3 aromatic rings. The third-order valence-electron chi connectivity index (χ3n) is 4.08. The molecular formula is C17H17Cl3N6O. The molecule has 1 aromatic carbocycles. The van der Waals surface area contributed by atoms with Crippen molar-refractivity contribution in [2.24, 2.45) is 0 Å². The number of amides is 1.